The average Bonchev–Trinajstić information content (AvgIpc) is 2.72. The molecule has 2 atom stereocenters. The van der Waals surface area contributed by atoms with Crippen molar-refractivity contribution in [2.45, 2.75) is 51.9 Å². The fourth-order valence-corrected chi connectivity index (χ4v) is 4.62. The summed E-state index contributed by atoms with van der Waals surface area (Å²) in [6.45, 7) is 8.23. The smallest absolute Gasteiger partial charge is 0.166 e. The molecule has 2 N–H and O–H groups in total. The molecule has 0 unspecified atom stereocenters. The van der Waals surface area contributed by atoms with Crippen LogP contribution in [-0.4, -0.2) is 42.9 Å². The van der Waals surface area contributed by atoms with Crippen molar-refractivity contribution in [1.82, 2.24) is 15.5 Å². The minimum Gasteiger partial charge on any atom is -0.493 e. The van der Waals surface area contributed by atoms with E-state index < -0.39 is 0 Å². The Balaban J connectivity index is 1.95. The van der Waals surface area contributed by atoms with Gasteiger partial charge in [-0.1, -0.05) is 30.3 Å². The molecule has 0 saturated heterocycles. The standard InChI is InChI=1S/C24H33N3O2S/c1-16(2)25-24(30)26-17(3)23-20-14-22(29-5)21(28-4)13-19(20)11-12-27(23)15-18-9-7-6-8-10-18/h6-10,13-14,16-17,23H,11-12,15H2,1-5H3,(H2,25,26,30)/t17-,23-/m0/s1. The number of ether oxygens (including phenoxy) is 2. The van der Waals surface area contributed by atoms with Crippen molar-refractivity contribution in [2.75, 3.05) is 20.8 Å². The number of hydrogen-bond acceptors (Lipinski definition) is 4. The minimum atomic E-state index is 0.115. The third kappa shape index (κ3) is 5.24. The van der Waals surface area contributed by atoms with E-state index in [1.54, 1.807) is 14.2 Å². The second-order valence-electron chi connectivity index (χ2n) is 8.12. The summed E-state index contributed by atoms with van der Waals surface area (Å²) in [7, 11) is 3.37. The number of nitrogens with zero attached hydrogens (tertiary/aromatic N) is 1. The topological polar surface area (TPSA) is 45.8 Å². The maximum Gasteiger partial charge on any atom is 0.166 e. The fourth-order valence-electron chi connectivity index (χ4n) is 4.20. The first-order chi connectivity index (χ1) is 14.4. The molecule has 0 spiro atoms. The molecule has 5 nitrogen and oxygen atoms in total. The molecular weight excluding hydrogens is 394 g/mol. The lowest BCUT2D eigenvalue weighted by molar-refractivity contribution is 0.149. The zero-order chi connectivity index (χ0) is 21.7. The van der Waals surface area contributed by atoms with Gasteiger partial charge in [-0.2, -0.15) is 0 Å². The molecule has 0 fully saturated rings. The molecular formula is C24H33N3O2S. The van der Waals surface area contributed by atoms with Crippen molar-refractivity contribution in [2.24, 2.45) is 0 Å². The molecule has 0 saturated carbocycles. The first-order valence-corrected chi connectivity index (χ1v) is 10.9. The molecule has 2 aromatic rings. The van der Waals surface area contributed by atoms with Gasteiger partial charge in [0.1, 0.15) is 0 Å². The highest BCUT2D eigenvalue weighted by molar-refractivity contribution is 7.80. The summed E-state index contributed by atoms with van der Waals surface area (Å²) in [5.74, 6) is 1.54. The van der Waals surface area contributed by atoms with Crippen LogP contribution in [0.5, 0.6) is 11.5 Å². The second kappa shape index (κ2) is 10.1. The van der Waals surface area contributed by atoms with E-state index >= 15 is 0 Å². The Labute approximate surface area is 185 Å². The Morgan fingerprint density at radius 1 is 1.07 bits per heavy atom. The highest BCUT2D eigenvalue weighted by Crippen LogP contribution is 2.40. The van der Waals surface area contributed by atoms with E-state index in [1.165, 1.54) is 16.7 Å². The van der Waals surface area contributed by atoms with Crippen molar-refractivity contribution in [3.63, 3.8) is 0 Å². The second-order valence-corrected chi connectivity index (χ2v) is 8.53. The minimum absolute atomic E-state index is 0.115. The number of rotatable bonds is 7. The van der Waals surface area contributed by atoms with E-state index in [9.17, 15) is 0 Å². The molecule has 162 valence electrons. The number of thiocarbonyl (C=S) groups is 1. The van der Waals surface area contributed by atoms with Crippen molar-refractivity contribution < 1.29 is 9.47 Å². The highest BCUT2D eigenvalue weighted by atomic mass is 32.1. The molecule has 3 rings (SSSR count). The summed E-state index contributed by atoms with van der Waals surface area (Å²) in [5.41, 5.74) is 3.88. The van der Waals surface area contributed by atoms with E-state index in [4.69, 9.17) is 21.7 Å². The zero-order valence-electron chi connectivity index (χ0n) is 18.6. The third-order valence-corrected chi connectivity index (χ3v) is 5.74. The zero-order valence-corrected chi connectivity index (χ0v) is 19.4. The average molecular weight is 428 g/mol. The van der Waals surface area contributed by atoms with Crippen LogP contribution in [0.15, 0.2) is 42.5 Å². The van der Waals surface area contributed by atoms with Gasteiger partial charge in [-0.15, -0.1) is 0 Å². The predicted octanol–water partition coefficient (Wildman–Crippen LogP) is 4.06. The maximum absolute atomic E-state index is 5.62. The molecule has 0 bridgehead atoms. The summed E-state index contributed by atoms with van der Waals surface area (Å²) in [6.07, 6.45) is 0.973. The lowest BCUT2D eigenvalue weighted by Crippen LogP contribution is -2.50. The van der Waals surface area contributed by atoms with Gasteiger partial charge in [-0.3, -0.25) is 4.90 Å². The van der Waals surface area contributed by atoms with Gasteiger partial charge in [0.2, 0.25) is 0 Å². The van der Waals surface area contributed by atoms with Crippen LogP contribution in [0, 0.1) is 0 Å². The van der Waals surface area contributed by atoms with E-state index in [-0.39, 0.29) is 12.1 Å². The Kier molecular flexibility index (Phi) is 7.56. The number of benzene rings is 2. The summed E-state index contributed by atoms with van der Waals surface area (Å²) in [4.78, 5) is 2.53. The molecule has 1 aliphatic heterocycles. The lowest BCUT2D eigenvalue weighted by atomic mass is 9.87. The van der Waals surface area contributed by atoms with Gasteiger partial charge in [0.15, 0.2) is 16.6 Å². The normalized spacial score (nSPS) is 17.2. The molecule has 2 aromatic carbocycles. The predicted molar refractivity (Wildman–Crippen MR) is 126 cm³/mol. The third-order valence-electron chi connectivity index (χ3n) is 5.51. The van der Waals surface area contributed by atoms with Gasteiger partial charge in [0.05, 0.1) is 20.3 Å². The largest absolute Gasteiger partial charge is 0.493 e. The van der Waals surface area contributed by atoms with Gasteiger partial charge in [-0.25, -0.2) is 0 Å². The molecule has 0 amide bonds. The summed E-state index contributed by atoms with van der Waals surface area (Å²) >= 11 is 5.55. The molecule has 6 heteroatoms. The Hall–Kier alpha value is -2.31. The van der Waals surface area contributed by atoms with Gasteiger partial charge >= 0.3 is 0 Å². The van der Waals surface area contributed by atoms with Crippen molar-refractivity contribution in [3.8, 4) is 11.5 Å². The molecule has 1 aliphatic rings. The summed E-state index contributed by atoms with van der Waals surface area (Å²) < 4.78 is 11.2. The molecule has 0 aromatic heterocycles. The van der Waals surface area contributed by atoms with Crippen LogP contribution < -0.4 is 20.1 Å². The Bertz CT molecular complexity index is 857. The van der Waals surface area contributed by atoms with Gasteiger partial charge in [0.25, 0.3) is 0 Å². The first-order valence-electron chi connectivity index (χ1n) is 10.5. The van der Waals surface area contributed by atoms with Crippen LogP contribution in [0.25, 0.3) is 0 Å². The Morgan fingerprint density at radius 3 is 2.37 bits per heavy atom. The number of nitrogens with one attached hydrogen (secondary N) is 2. The van der Waals surface area contributed by atoms with Crippen LogP contribution in [0.2, 0.25) is 0 Å². The monoisotopic (exact) mass is 427 g/mol. The van der Waals surface area contributed by atoms with Crippen LogP contribution in [0.3, 0.4) is 0 Å². The van der Waals surface area contributed by atoms with Crippen LogP contribution in [0.1, 0.15) is 43.5 Å². The van der Waals surface area contributed by atoms with Crippen LogP contribution in [0.4, 0.5) is 0 Å². The molecule has 0 aliphatic carbocycles. The maximum atomic E-state index is 5.62. The van der Waals surface area contributed by atoms with Gasteiger partial charge < -0.3 is 20.1 Å². The number of methoxy groups -OCH3 is 2. The SMILES string of the molecule is COc1cc2c(cc1OC)[C@H]([C@H](C)NC(=S)NC(C)C)N(Cc1ccccc1)CC2. The van der Waals surface area contributed by atoms with E-state index in [1.807, 2.05) is 0 Å². The first kappa shape index (κ1) is 22.4. The lowest BCUT2D eigenvalue weighted by Gasteiger charge is -2.41. The summed E-state index contributed by atoms with van der Waals surface area (Å²) in [5, 5.41) is 7.49. The molecule has 0 radical (unpaired) electrons. The van der Waals surface area contributed by atoms with E-state index in [0.29, 0.717) is 11.2 Å². The quantitative estimate of drug-likeness (QED) is 0.650. The Morgan fingerprint density at radius 2 is 1.73 bits per heavy atom. The van der Waals surface area contributed by atoms with Crippen molar-refractivity contribution >= 4 is 17.3 Å². The molecule has 1 heterocycles. The van der Waals surface area contributed by atoms with E-state index in [2.05, 4.69) is 78.8 Å². The van der Waals surface area contributed by atoms with Crippen LogP contribution >= 0.6 is 12.2 Å². The van der Waals surface area contributed by atoms with Gasteiger partial charge in [0, 0.05) is 25.2 Å². The fraction of sp³-hybridized carbons (Fsp3) is 0.458. The van der Waals surface area contributed by atoms with Crippen molar-refractivity contribution in [3.05, 3.63) is 59.2 Å². The van der Waals surface area contributed by atoms with E-state index in [0.717, 1.165) is 31.0 Å². The van der Waals surface area contributed by atoms with Crippen LogP contribution in [-0.2, 0) is 13.0 Å². The highest BCUT2D eigenvalue weighted by Gasteiger charge is 2.33. The van der Waals surface area contributed by atoms with Crippen molar-refractivity contribution in [1.29, 1.82) is 0 Å². The van der Waals surface area contributed by atoms with Gasteiger partial charge in [-0.05, 0) is 68.2 Å². The summed E-state index contributed by atoms with van der Waals surface area (Å²) in [6, 6.07) is 15.4. The molecule has 30 heavy (non-hydrogen) atoms. The number of fused-ring (bicyclic) bond motifs is 1. The number of hydrogen-bond donors (Lipinski definition) is 2.